The number of hydrogen-bond acceptors (Lipinski definition) is 1. The largest absolute Gasteiger partial charge is 0.326 e. The van der Waals surface area contributed by atoms with E-state index in [0.717, 1.165) is 18.5 Å². The molecule has 0 aromatic heterocycles. The fourth-order valence-electron chi connectivity index (χ4n) is 1.32. The van der Waals surface area contributed by atoms with Crippen molar-refractivity contribution in [2.45, 2.75) is 33.1 Å². The van der Waals surface area contributed by atoms with Gasteiger partial charge in [0.1, 0.15) is 0 Å². The number of hydrogen-bond donors (Lipinski definition) is 1. The quantitative estimate of drug-likeness (QED) is 0.778. The van der Waals surface area contributed by atoms with E-state index in [0.29, 0.717) is 6.42 Å². The summed E-state index contributed by atoms with van der Waals surface area (Å²) in [5.41, 5.74) is 2.15. The summed E-state index contributed by atoms with van der Waals surface area (Å²) >= 11 is 0. The predicted molar refractivity (Wildman–Crippen MR) is 59.4 cm³/mol. The fourth-order valence-corrected chi connectivity index (χ4v) is 1.32. The second kappa shape index (κ2) is 5.43. The highest BCUT2D eigenvalue weighted by molar-refractivity contribution is 5.90. The number of amides is 1. The van der Waals surface area contributed by atoms with Gasteiger partial charge in [-0.05, 0) is 30.5 Å². The highest BCUT2D eigenvalue weighted by atomic mass is 16.1. The maximum atomic E-state index is 11.3. The van der Waals surface area contributed by atoms with Gasteiger partial charge in [-0.3, -0.25) is 4.79 Å². The summed E-state index contributed by atoms with van der Waals surface area (Å²) in [6.07, 6.45) is 2.48. The van der Waals surface area contributed by atoms with Crippen LogP contribution in [0.4, 0.5) is 5.69 Å². The maximum absolute atomic E-state index is 11.3. The first-order valence-electron chi connectivity index (χ1n) is 5.15. The standard InChI is InChI=1S/C12H17NO/c1-3-6-12(14)13-11-8-5-7-10(4-2)9-11/h5,7-9H,3-4,6H2,1-2H3,(H,13,14). The molecule has 1 aromatic rings. The highest BCUT2D eigenvalue weighted by Crippen LogP contribution is 2.11. The Kier molecular flexibility index (Phi) is 4.17. The molecule has 1 amide bonds. The van der Waals surface area contributed by atoms with Crippen molar-refractivity contribution in [2.75, 3.05) is 5.32 Å². The highest BCUT2D eigenvalue weighted by Gasteiger charge is 2.00. The van der Waals surface area contributed by atoms with Crippen LogP contribution >= 0.6 is 0 Å². The first-order chi connectivity index (χ1) is 6.76. The molecule has 1 rings (SSSR count). The number of carbonyl (C=O) groups is 1. The molecule has 0 unspecified atom stereocenters. The molecule has 0 saturated heterocycles. The molecule has 0 aliphatic heterocycles. The number of anilines is 1. The van der Waals surface area contributed by atoms with Gasteiger partial charge in [0, 0.05) is 12.1 Å². The van der Waals surface area contributed by atoms with E-state index in [1.165, 1.54) is 5.56 Å². The Morgan fingerprint density at radius 3 is 2.79 bits per heavy atom. The molecule has 0 fully saturated rings. The normalized spacial score (nSPS) is 9.86. The van der Waals surface area contributed by atoms with Gasteiger partial charge in [0.25, 0.3) is 0 Å². The minimum Gasteiger partial charge on any atom is -0.326 e. The van der Waals surface area contributed by atoms with Gasteiger partial charge in [-0.25, -0.2) is 0 Å². The Balaban J connectivity index is 2.62. The Labute approximate surface area is 85.3 Å². The van der Waals surface area contributed by atoms with Gasteiger partial charge in [-0.15, -0.1) is 0 Å². The van der Waals surface area contributed by atoms with E-state index in [9.17, 15) is 4.79 Å². The van der Waals surface area contributed by atoms with Crippen LogP contribution in [-0.2, 0) is 11.2 Å². The van der Waals surface area contributed by atoms with Crippen LogP contribution in [0.25, 0.3) is 0 Å². The SMILES string of the molecule is CCCC(=O)Nc1cccc(CC)c1. The molecular formula is C12H17NO. The maximum Gasteiger partial charge on any atom is 0.224 e. The van der Waals surface area contributed by atoms with Crippen molar-refractivity contribution in [2.24, 2.45) is 0 Å². The molecule has 2 nitrogen and oxygen atoms in total. The molecule has 0 aliphatic rings. The number of benzene rings is 1. The summed E-state index contributed by atoms with van der Waals surface area (Å²) in [4.78, 5) is 11.3. The van der Waals surface area contributed by atoms with E-state index in [1.54, 1.807) is 0 Å². The lowest BCUT2D eigenvalue weighted by molar-refractivity contribution is -0.116. The molecule has 0 bridgehead atoms. The van der Waals surface area contributed by atoms with Crippen molar-refractivity contribution in [1.82, 2.24) is 0 Å². The van der Waals surface area contributed by atoms with Crippen molar-refractivity contribution in [3.63, 3.8) is 0 Å². The van der Waals surface area contributed by atoms with Crippen LogP contribution in [0.5, 0.6) is 0 Å². The zero-order valence-electron chi connectivity index (χ0n) is 8.84. The molecule has 0 radical (unpaired) electrons. The number of carbonyl (C=O) groups excluding carboxylic acids is 1. The molecule has 14 heavy (non-hydrogen) atoms. The van der Waals surface area contributed by atoms with Crippen LogP contribution in [0, 0.1) is 0 Å². The average molecular weight is 191 g/mol. The monoisotopic (exact) mass is 191 g/mol. The first kappa shape index (κ1) is 10.8. The predicted octanol–water partition coefficient (Wildman–Crippen LogP) is 2.99. The van der Waals surface area contributed by atoms with Crippen LogP contribution in [-0.4, -0.2) is 5.91 Å². The third-order valence-electron chi connectivity index (χ3n) is 2.10. The zero-order valence-corrected chi connectivity index (χ0v) is 8.84. The molecule has 76 valence electrons. The van der Waals surface area contributed by atoms with Gasteiger partial charge in [0.15, 0.2) is 0 Å². The summed E-state index contributed by atoms with van der Waals surface area (Å²) < 4.78 is 0. The number of nitrogens with one attached hydrogen (secondary N) is 1. The Bertz CT molecular complexity index is 307. The Hall–Kier alpha value is -1.31. The number of aryl methyl sites for hydroxylation is 1. The molecule has 0 atom stereocenters. The minimum absolute atomic E-state index is 0.0979. The second-order valence-electron chi connectivity index (χ2n) is 3.35. The van der Waals surface area contributed by atoms with Gasteiger partial charge >= 0.3 is 0 Å². The molecule has 1 aromatic carbocycles. The van der Waals surface area contributed by atoms with Crippen LogP contribution in [0.2, 0.25) is 0 Å². The third kappa shape index (κ3) is 3.21. The van der Waals surface area contributed by atoms with E-state index in [1.807, 2.05) is 25.1 Å². The van der Waals surface area contributed by atoms with Crippen LogP contribution < -0.4 is 5.32 Å². The van der Waals surface area contributed by atoms with Crippen molar-refractivity contribution in [3.05, 3.63) is 29.8 Å². The zero-order chi connectivity index (χ0) is 10.4. The smallest absolute Gasteiger partial charge is 0.224 e. The average Bonchev–Trinajstić information content (AvgIpc) is 2.18. The lowest BCUT2D eigenvalue weighted by Crippen LogP contribution is -2.10. The summed E-state index contributed by atoms with van der Waals surface area (Å²) in [6, 6.07) is 7.98. The molecule has 0 saturated carbocycles. The lowest BCUT2D eigenvalue weighted by atomic mass is 10.1. The molecule has 0 aliphatic carbocycles. The molecular weight excluding hydrogens is 174 g/mol. The Morgan fingerprint density at radius 1 is 1.36 bits per heavy atom. The first-order valence-corrected chi connectivity index (χ1v) is 5.15. The van der Waals surface area contributed by atoms with Crippen molar-refractivity contribution in [1.29, 1.82) is 0 Å². The molecule has 1 N–H and O–H groups in total. The topological polar surface area (TPSA) is 29.1 Å². The van der Waals surface area contributed by atoms with Gasteiger partial charge in [0.2, 0.25) is 5.91 Å². The van der Waals surface area contributed by atoms with Gasteiger partial charge in [0.05, 0.1) is 0 Å². The van der Waals surface area contributed by atoms with E-state index >= 15 is 0 Å². The van der Waals surface area contributed by atoms with E-state index in [4.69, 9.17) is 0 Å². The van der Waals surface area contributed by atoms with Crippen LogP contribution in [0.3, 0.4) is 0 Å². The number of rotatable bonds is 4. The van der Waals surface area contributed by atoms with Gasteiger partial charge in [-0.1, -0.05) is 26.0 Å². The summed E-state index contributed by atoms with van der Waals surface area (Å²) in [5, 5.41) is 2.88. The van der Waals surface area contributed by atoms with Gasteiger partial charge in [-0.2, -0.15) is 0 Å². The summed E-state index contributed by atoms with van der Waals surface area (Å²) in [7, 11) is 0. The Morgan fingerprint density at radius 2 is 2.14 bits per heavy atom. The van der Waals surface area contributed by atoms with Crippen LogP contribution in [0.15, 0.2) is 24.3 Å². The minimum atomic E-state index is 0.0979. The van der Waals surface area contributed by atoms with Crippen molar-refractivity contribution in [3.8, 4) is 0 Å². The second-order valence-corrected chi connectivity index (χ2v) is 3.35. The van der Waals surface area contributed by atoms with E-state index in [-0.39, 0.29) is 5.91 Å². The van der Waals surface area contributed by atoms with Crippen molar-refractivity contribution < 1.29 is 4.79 Å². The lowest BCUT2D eigenvalue weighted by Gasteiger charge is -2.05. The molecule has 0 spiro atoms. The van der Waals surface area contributed by atoms with E-state index < -0.39 is 0 Å². The third-order valence-corrected chi connectivity index (χ3v) is 2.10. The molecule has 2 heteroatoms. The van der Waals surface area contributed by atoms with Crippen molar-refractivity contribution >= 4 is 11.6 Å². The molecule has 0 heterocycles. The summed E-state index contributed by atoms with van der Waals surface area (Å²) in [5.74, 6) is 0.0979. The van der Waals surface area contributed by atoms with Gasteiger partial charge < -0.3 is 5.32 Å². The summed E-state index contributed by atoms with van der Waals surface area (Å²) in [6.45, 7) is 4.11. The van der Waals surface area contributed by atoms with E-state index in [2.05, 4.69) is 18.3 Å². The fraction of sp³-hybridized carbons (Fsp3) is 0.417. The van der Waals surface area contributed by atoms with Crippen LogP contribution in [0.1, 0.15) is 32.3 Å².